The Morgan fingerprint density at radius 2 is 1.18 bits per heavy atom. The van der Waals surface area contributed by atoms with E-state index < -0.39 is 0 Å². The van der Waals surface area contributed by atoms with E-state index >= 15 is 0 Å². The van der Waals surface area contributed by atoms with Gasteiger partial charge >= 0.3 is 0 Å². The van der Waals surface area contributed by atoms with Crippen molar-refractivity contribution in [2.24, 2.45) is 0 Å². The lowest BCUT2D eigenvalue weighted by Gasteiger charge is -1.99. The molecule has 0 aromatic heterocycles. The van der Waals surface area contributed by atoms with E-state index in [1.165, 1.54) is 0 Å². The molecule has 100 valence electrons. The first-order chi connectivity index (χ1) is 8.41. The van der Waals surface area contributed by atoms with Crippen molar-refractivity contribution in [3.8, 4) is 0 Å². The van der Waals surface area contributed by atoms with E-state index in [2.05, 4.69) is 0 Å². The third-order valence-electron chi connectivity index (χ3n) is 1.62. The standard InChI is InChI=1S/C12H22O5/c1-13-9-11-16-7-3-5-15-6-4-8-17-12-10-14-2/h3-4,7-8H,5-6,9-12H2,1-2H3. The smallest absolute Gasteiger partial charge is 0.111 e. The van der Waals surface area contributed by atoms with Crippen LogP contribution in [0.2, 0.25) is 0 Å². The molecule has 0 bridgehead atoms. The van der Waals surface area contributed by atoms with Crippen LogP contribution in [0.15, 0.2) is 24.7 Å². The summed E-state index contributed by atoms with van der Waals surface area (Å²) in [6.45, 7) is 3.31. The van der Waals surface area contributed by atoms with Gasteiger partial charge in [-0.3, -0.25) is 0 Å². The zero-order valence-electron chi connectivity index (χ0n) is 10.6. The molecule has 0 aliphatic heterocycles. The molecule has 0 rings (SSSR count). The minimum absolute atomic E-state index is 0.509. The lowest BCUT2D eigenvalue weighted by atomic mass is 10.6. The average molecular weight is 246 g/mol. The first-order valence-corrected chi connectivity index (χ1v) is 5.50. The Bertz CT molecular complexity index is 171. The van der Waals surface area contributed by atoms with E-state index in [1.54, 1.807) is 38.9 Å². The summed E-state index contributed by atoms with van der Waals surface area (Å²) in [7, 11) is 3.27. The molecule has 0 spiro atoms. The van der Waals surface area contributed by atoms with Crippen LogP contribution in [0.1, 0.15) is 0 Å². The van der Waals surface area contributed by atoms with Gasteiger partial charge in [0.1, 0.15) is 13.2 Å². The predicted octanol–water partition coefficient (Wildman–Crippen LogP) is 1.36. The first kappa shape index (κ1) is 16.0. The monoisotopic (exact) mass is 246 g/mol. The third kappa shape index (κ3) is 15.0. The second kappa shape index (κ2) is 15.0. The fourth-order valence-corrected chi connectivity index (χ4v) is 0.818. The Balaban J connectivity index is 3.11. The quantitative estimate of drug-likeness (QED) is 0.384. The summed E-state index contributed by atoms with van der Waals surface area (Å²) in [5.41, 5.74) is 0. The summed E-state index contributed by atoms with van der Waals surface area (Å²) in [4.78, 5) is 0. The Morgan fingerprint density at radius 1 is 0.706 bits per heavy atom. The molecule has 0 unspecified atom stereocenters. The first-order valence-electron chi connectivity index (χ1n) is 5.50. The highest BCUT2D eigenvalue weighted by atomic mass is 16.5. The van der Waals surface area contributed by atoms with Crippen LogP contribution < -0.4 is 0 Å². The zero-order valence-corrected chi connectivity index (χ0v) is 10.6. The summed E-state index contributed by atoms with van der Waals surface area (Å²) in [6.07, 6.45) is 6.82. The second-order valence-corrected chi connectivity index (χ2v) is 3.01. The number of hydrogen-bond donors (Lipinski definition) is 0. The maximum absolute atomic E-state index is 5.25. The molecule has 0 aromatic rings. The summed E-state index contributed by atoms with van der Waals surface area (Å²) < 4.78 is 25.1. The molecule has 0 heterocycles. The number of hydrogen-bond acceptors (Lipinski definition) is 5. The van der Waals surface area contributed by atoms with E-state index in [1.807, 2.05) is 0 Å². The third-order valence-corrected chi connectivity index (χ3v) is 1.62. The molecule has 0 aliphatic carbocycles. The van der Waals surface area contributed by atoms with Gasteiger partial charge in [-0.05, 0) is 12.2 Å². The van der Waals surface area contributed by atoms with Gasteiger partial charge in [-0.15, -0.1) is 0 Å². The fraction of sp³-hybridized carbons (Fsp3) is 0.667. The van der Waals surface area contributed by atoms with Gasteiger partial charge in [0, 0.05) is 14.2 Å². The van der Waals surface area contributed by atoms with Gasteiger partial charge in [-0.1, -0.05) is 0 Å². The summed E-state index contributed by atoms with van der Waals surface area (Å²) in [5.74, 6) is 0. The summed E-state index contributed by atoms with van der Waals surface area (Å²) in [5, 5.41) is 0. The van der Waals surface area contributed by atoms with Gasteiger partial charge < -0.3 is 23.7 Å². The fourth-order valence-electron chi connectivity index (χ4n) is 0.818. The van der Waals surface area contributed by atoms with Gasteiger partial charge in [-0.2, -0.15) is 0 Å². The molecule has 0 amide bonds. The van der Waals surface area contributed by atoms with Crippen molar-refractivity contribution >= 4 is 0 Å². The Labute approximate surface area is 103 Å². The largest absolute Gasteiger partial charge is 0.499 e. The lowest BCUT2D eigenvalue weighted by Crippen LogP contribution is -1.98. The van der Waals surface area contributed by atoms with Crippen molar-refractivity contribution in [3.05, 3.63) is 24.7 Å². The van der Waals surface area contributed by atoms with Crippen molar-refractivity contribution < 1.29 is 23.7 Å². The summed E-state index contributed by atoms with van der Waals surface area (Å²) in [6, 6.07) is 0. The Morgan fingerprint density at radius 3 is 1.59 bits per heavy atom. The molecule has 5 nitrogen and oxygen atoms in total. The molecule has 0 aliphatic rings. The predicted molar refractivity (Wildman–Crippen MR) is 64.8 cm³/mol. The van der Waals surface area contributed by atoms with Gasteiger partial charge in [0.05, 0.1) is 39.0 Å². The van der Waals surface area contributed by atoms with Crippen LogP contribution in [0.3, 0.4) is 0 Å². The van der Waals surface area contributed by atoms with Crippen LogP contribution in [0.4, 0.5) is 0 Å². The lowest BCUT2D eigenvalue weighted by molar-refractivity contribution is 0.119. The van der Waals surface area contributed by atoms with Crippen molar-refractivity contribution in [2.75, 3.05) is 53.9 Å². The zero-order chi connectivity index (χ0) is 12.6. The summed E-state index contributed by atoms with van der Waals surface area (Å²) >= 11 is 0. The average Bonchev–Trinajstić information content (AvgIpc) is 2.35. The Hall–Kier alpha value is -1.04. The molecule has 0 saturated carbocycles. The molecule has 5 heteroatoms. The maximum Gasteiger partial charge on any atom is 0.111 e. The van der Waals surface area contributed by atoms with Crippen LogP contribution in [0.5, 0.6) is 0 Å². The van der Waals surface area contributed by atoms with Crippen LogP contribution in [0, 0.1) is 0 Å². The molecule has 0 aromatic carbocycles. The van der Waals surface area contributed by atoms with E-state index in [-0.39, 0.29) is 0 Å². The van der Waals surface area contributed by atoms with E-state index in [0.29, 0.717) is 39.6 Å². The molecule has 0 atom stereocenters. The second-order valence-electron chi connectivity index (χ2n) is 3.01. The molecular weight excluding hydrogens is 224 g/mol. The van der Waals surface area contributed by atoms with Crippen molar-refractivity contribution in [1.82, 2.24) is 0 Å². The topological polar surface area (TPSA) is 46.2 Å². The van der Waals surface area contributed by atoms with E-state index in [0.717, 1.165) is 0 Å². The minimum Gasteiger partial charge on any atom is -0.499 e. The number of methoxy groups -OCH3 is 2. The van der Waals surface area contributed by atoms with Gasteiger partial charge in [0.15, 0.2) is 0 Å². The molecule has 0 fully saturated rings. The molecule has 0 saturated heterocycles. The van der Waals surface area contributed by atoms with Gasteiger partial charge in [-0.25, -0.2) is 0 Å². The van der Waals surface area contributed by atoms with E-state index in [4.69, 9.17) is 23.7 Å². The molecule has 0 radical (unpaired) electrons. The van der Waals surface area contributed by atoms with Crippen molar-refractivity contribution in [3.63, 3.8) is 0 Å². The number of ether oxygens (including phenoxy) is 5. The molecule has 17 heavy (non-hydrogen) atoms. The molecule has 0 N–H and O–H groups in total. The maximum atomic E-state index is 5.25. The van der Waals surface area contributed by atoms with Crippen LogP contribution in [-0.2, 0) is 23.7 Å². The SMILES string of the molecule is COCCOC=CCOCC=COCCOC. The Kier molecular flexibility index (Phi) is 14.0. The van der Waals surface area contributed by atoms with Gasteiger partial charge in [0.2, 0.25) is 0 Å². The highest BCUT2D eigenvalue weighted by Crippen LogP contribution is 1.84. The van der Waals surface area contributed by atoms with Gasteiger partial charge in [0.25, 0.3) is 0 Å². The minimum atomic E-state index is 0.509. The van der Waals surface area contributed by atoms with Crippen molar-refractivity contribution in [1.29, 1.82) is 0 Å². The highest BCUT2D eigenvalue weighted by molar-refractivity contribution is 4.76. The normalized spacial score (nSPS) is 11.4. The van der Waals surface area contributed by atoms with Crippen LogP contribution in [0.25, 0.3) is 0 Å². The molecular formula is C12H22O5. The number of rotatable bonds is 12. The van der Waals surface area contributed by atoms with Crippen LogP contribution >= 0.6 is 0 Å². The van der Waals surface area contributed by atoms with Crippen LogP contribution in [-0.4, -0.2) is 53.9 Å². The highest BCUT2D eigenvalue weighted by Gasteiger charge is 1.82. The van der Waals surface area contributed by atoms with E-state index in [9.17, 15) is 0 Å². The van der Waals surface area contributed by atoms with Crippen molar-refractivity contribution in [2.45, 2.75) is 0 Å².